The average molecular weight is 363 g/mol. The van der Waals surface area contributed by atoms with Crippen molar-refractivity contribution in [2.75, 3.05) is 0 Å². The van der Waals surface area contributed by atoms with E-state index >= 15 is 0 Å². The summed E-state index contributed by atoms with van der Waals surface area (Å²) in [5.41, 5.74) is 2.33. The third-order valence-electron chi connectivity index (χ3n) is 4.34. The zero-order valence-corrected chi connectivity index (χ0v) is 14.6. The maximum atomic E-state index is 12.4. The second-order valence-corrected chi connectivity index (χ2v) is 6.29. The van der Waals surface area contributed by atoms with Crippen LogP contribution in [0, 0.1) is 5.92 Å². The molecular formula is C20H17N3O4. The number of fused-ring (bicyclic) bond motifs is 1. The van der Waals surface area contributed by atoms with Gasteiger partial charge in [-0.05, 0) is 30.7 Å². The lowest BCUT2D eigenvalue weighted by Gasteiger charge is -2.27. The molecular weight excluding hydrogens is 346 g/mol. The van der Waals surface area contributed by atoms with Gasteiger partial charge in [-0.2, -0.15) is 0 Å². The molecule has 2 amide bonds. The van der Waals surface area contributed by atoms with Crippen molar-refractivity contribution >= 4 is 17.5 Å². The topological polar surface area (TPSA) is 97.7 Å². The minimum absolute atomic E-state index is 0.0225. The molecule has 0 spiro atoms. The van der Waals surface area contributed by atoms with E-state index in [2.05, 4.69) is 22.4 Å². The highest BCUT2D eigenvalue weighted by molar-refractivity contribution is 6.13. The molecule has 0 bridgehead atoms. The molecule has 3 heterocycles. The number of aliphatic imine (C=N–C) groups is 1. The van der Waals surface area contributed by atoms with E-state index in [4.69, 9.17) is 8.94 Å². The second kappa shape index (κ2) is 7.03. The SMILES string of the molecule is CCCC1=CC(=O)NC2=CC(=NC(=O)c3cc(-c4ccco4)on3)C=CC12. The Morgan fingerprint density at radius 2 is 2.22 bits per heavy atom. The van der Waals surface area contributed by atoms with E-state index < -0.39 is 5.91 Å². The van der Waals surface area contributed by atoms with E-state index in [9.17, 15) is 9.59 Å². The summed E-state index contributed by atoms with van der Waals surface area (Å²) in [4.78, 5) is 28.3. The molecule has 0 saturated carbocycles. The van der Waals surface area contributed by atoms with Gasteiger partial charge in [0.05, 0.1) is 12.0 Å². The number of carbonyl (C=O) groups excluding carboxylic acids is 2. The number of amides is 2. The summed E-state index contributed by atoms with van der Waals surface area (Å²) in [6.45, 7) is 2.07. The minimum Gasteiger partial charge on any atom is -0.461 e. The van der Waals surface area contributed by atoms with Crippen molar-refractivity contribution in [3.63, 3.8) is 0 Å². The Morgan fingerprint density at radius 1 is 1.33 bits per heavy atom. The molecule has 0 saturated heterocycles. The van der Waals surface area contributed by atoms with Crippen LogP contribution in [0.1, 0.15) is 30.3 Å². The molecule has 27 heavy (non-hydrogen) atoms. The highest BCUT2D eigenvalue weighted by atomic mass is 16.5. The van der Waals surface area contributed by atoms with Crippen molar-refractivity contribution in [2.24, 2.45) is 10.9 Å². The molecule has 4 rings (SSSR count). The van der Waals surface area contributed by atoms with Crippen molar-refractivity contribution < 1.29 is 18.5 Å². The number of aromatic nitrogens is 1. The van der Waals surface area contributed by atoms with Crippen molar-refractivity contribution in [3.8, 4) is 11.5 Å². The number of allylic oxidation sites excluding steroid dienone is 3. The van der Waals surface area contributed by atoms with Crippen LogP contribution in [-0.2, 0) is 4.79 Å². The molecule has 2 aromatic heterocycles. The van der Waals surface area contributed by atoms with Crippen LogP contribution in [0.3, 0.4) is 0 Å². The van der Waals surface area contributed by atoms with Crippen LogP contribution in [0.25, 0.3) is 11.5 Å². The van der Waals surface area contributed by atoms with Crippen LogP contribution >= 0.6 is 0 Å². The van der Waals surface area contributed by atoms with Gasteiger partial charge in [0, 0.05) is 23.8 Å². The fourth-order valence-corrected chi connectivity index (χ4v) is 3.14. The van der Waals surface area contributed by atoms with Crippen LogP contribution in [0.4, 0.5) is 0 Å². The van der Waals surface area contributed by atoms with Crippen molar-refractivity contribution in [1.29, 1.82) is 0 Å². The smallest absolute Gasteiger partial charge is 0.299 e. The van der Waals surface area contributed by atoms with Crippen LogP contribution in [0.5, 0.6) is 0 Å². The first-order valence-electron chi connectivity index (χ1n) is 8.69. The van der Waals surface area contributed by atoms with E-state index in [0.717, 1.165) is 24.1 Å². The summed E-state index contributed by atoms with van der Waals surface area (Å²) in [6.07, 6.45) is 10.4. The van der Waals surface area contributed by atoms with Gasteiger partial charge in [0.1, 0.15) is 0 Å². The number of hydrogen-bond donors (Lipinski definition) is 1. The molecule has 7 heteroatoms. The first-order chi connectivity index (χ1) is 13.1. The first-order valence-corrected chi connectivity index (χ1v) is 8.69. The van der Waals surface area contributed by atoms with Gasteiger partial charge < -0.3 is 14.3 Å². The Balaban J connectivity index is 1.55. The van der Waals surface area contributed by atoms with Gasteiger partial charge in [-0.15, -0.1) is 0 Å². The quantitative estimate of drug-likeness (QED) is 0.897. The van der Waals surface area contributed by atoms with E-state index in [1.807, 2.05) is 6.08 Å². The molecule has 0 fully saturated rings. The Labute approximate surface area is 155 Å². The Kier molecular flexibility index (Phi) is 4.42. The van der Waals surface area contributed by atoms with Crippen LogP contribution in [-0.4, -0.2) is 22.7 Å². The molecule has 136 valence electrons. The molecule has 0 aromatic carbocycles. The maximum absolute atomic E-state index is 12.4. The van der Waals surface area contributed by atoms with E-state index in [1.54, 1.807) is 30.4 Å². The largest absolute Gasteiger partial charge is 0.461 e. The molecule has 1 atom stereocenters. The first kappa shape index (κ1) is 17.0. The molecule has 1 N–H and O–H groups in total. The predicted octanol–water partition coefficient (Wildman–Crippen LogP) is 3.44. The van der Waals surface area contributed by atoms with Gasteiger partial charge >= 0.3 is 0 Å². The third kappa shape index (κ3) is 3.44. The van der Waals surface area contributed by atoms with Crippen LogP contribution < -0.4 is 5.32 Å². The summed E-state index contributed by atoms with van der Waals surface area (Å²) < 4.78 is 10.3. The summed E-state index contributed by atoms with van der Waals surface area (Å²) in [5.74, 6) is 0.181. The molecule has 1 aliphatic carbocycles. The van der Waals surface area contributed by atoms with E-state index in [1.165, 1.54) is 12.3 Å². The zero-order valence-electron chi connectivity index (χ0n) is 14.6. The number of nitrogens with one attached hydrogen (secondary N) is 1. The average Bonchev–Trinajstić information content (AvgIpc) is 3.33. The lowest BCUT2D eigenvalue weighted by atomic mass is 9.85. The number of nitrogens with zero attached hydrogens (tertiary/aromatic N) is 2. The van der Waals surface area contributed by atoms with Gasteiger partial charge in [-0.3, -0.25) is 9.59 Å². The number of furan rings is 1. The normalized spacial score (nSPS) is 20.1. The van der Waals surface area contributed by atoms with Gasteiger partial charge in [0.2, 0.25) is 11.7 Å². The summed E-state index contributed by atoms with van der Waals surface area (Å²) in [5, 5.41) is 6.58. The van der Waals surface area contributed by atoms with Gasteiger partial charge in [-0.1, -0.05) is 30.2 Å². The molecule has 7 nitrogen and oxygen atoms in total. The van der Waals surface area contributed by atoms with Gasteiger partial charge in [-0.25, -0.2) is 4.99 Å². The van der Waals surface area contributed by atoms with Gasteiger partial charge in [0.15, 0.2) is 11.5 Å². The summed E-state index contributed by atoms with van der Waals surface area (Å²) >= 11 is 0. The Hall–Kier alpha value is -3.48. The Bertz CT molecular complexity index is 1010. The zero-order chi connectivity index (χ0) is 18.8. The highest BCUT2D eigenvalue weighted by Gasteiger charge is 2.26. The molecule has 1 aliphatic heterocycles. The minimum atomic E-state index is -0.530. The summed E-state index contributed by atoms with van der Waals surface area (Å²) in [6, 6.07) is 4.91. The third-order valence-corrected chi connectivity index (χ3v) is 4.34. The fourth-order valence-electron chi connectivity index (χ4n) is 3.14. The lowest BCUT2D eigenvalue weighted by Crippen LogP contribution is -2.33. The monoisotopic (exact) mass is 363 g/mol. The molecule has 2 aromatic rings. The molecule has 2 aliphatic rings. The van der Waals surface area contributed by atoms with Crippen molar-refractivity contribution in [3.05, 3.63) is 65.7 Å². The lowest BCUT2D eigenvalue weighted by molar-refractivity contribution is -0.116. The van der Waals surface area contributed by atoms with Crippen molar-refractivity contribution in [2.45, 2.75) is 19.8 Å². The summed E-state index contributed by atoms with van der Waals surface area (Å²) in [7, 11) is 0. The molecule has 1 unspecified atom stereocenters. The highest BCUT2D eigenvalue weighted by Crippen LogP contribution is 2.30. The fraction of sp³-hybridized carbons (Fsp3) is 0.200. The van der Waals surface area contributed by atoms with Gasteiger partial charge in [0.25, 0.3) is 5.91 Å². The number of rotatable bonds is 4. The number of carbonyl (C=O) groups is 2. The molecule has 0 radical (unpaired) electrons. The van der Waals surface area contributed by atoms with E-state index in [0.29, 0.717) is 17.2 Å². The van der Waals surface area contributed by atoms with Crippen LogP contribution in [0.15, 0.2) is 74.0 Å². The van der Waals surface area contributed by atoms with Crippen LogP contribution in [0.2, 0.25) is 0 Å². The standard InChI is InChI=1S/C20H17N3O4/c1-2-4-12-9-19(24)22-15-10-13(6-7-14(12)15)21-20(25)16-11-18(27-23-16)17-5-3-8-26-17/h3,5-11,14H,2,4H2,1H3,(H,22,24). The predicted molar refractivity (Wildman–Crippen MR) is 97.8 cm³/mol. The Morgan fingerprint density at radius 3 is 3.00 bits per heavy atom. The number of hydrogen-bond acceptors (Lipinski definition) is 5. The maximum Gasteiger partial charge on any atom is 0.299 e. The second-order valence-electron chi connectivity index (χ2n) is 6.29. The van der Waals surface area contributed by atoms with E-state index in [-0.39, 0.29) is 17.5 Å². The van der Waals surface area contributed by atoms with Crippen molar-refractivity contribution in [1.82, 2.24) is 10.5 Å².